The second-order valence-corrected chi connectivity index (χ2v) is 7.74. The predicted octanol–water partition coefficient (Wildman–Crippen LogP) is 5.63. The smallest absolute Gasteiger partial charge is 0.279 e. The summed E-state index contributed by atoms with van der Waals surface area (Å²) in [5, 5.41) is 25.1. The molecule has 0 fully saturated rings. The van der Waals surface area contributed by atoms with Gasteiger partial charge in [0.05, 0.1) is 15.4 Å². The summed E-state index contributed by atoms with van der Waals surface area (Å²) in [6, 6.07) is 14.2. The Bertz CT molecular complexity index is 1380. The summed E-state index contributed by atoms with van der Waals surface area (Å²) in [7, 11) is 0. The van der Waals surface area contributed by atoms with Gasteiger partial charge in [-0.2, -0.15) is 0 Å². The van der Waals surface area contributed by atoms with Gasteiger partial charge >= 0.3 is 0 Å². The quantitative estimate of drug-likeness (QED) is 0.278. The molecule has 0 saturated heterocycles. The monoisotopic (exact) mass is 496 g/mol. The van der Waals surface area contributed by atoms with Crippen LogP contribution < -0.4 is 5.32 Å². The van der Waals surface area contributed by atoms with E-state index in [0.29, 0.717) is 22.7 Å². The van der Waals surface area contributed by atoms with Crippen LogP contribution in [0.2, 0.25) is 0 Å². The van der Waals surface area contributed by atoms with Crippen LogP contribution in [0.1, 0.15) is 15.9 Å². The van der Waals surface area contributed by atoms with E-state index in [2.05, 4.69) is 26.2 Å². The number of hydrogen-bond donors (Lipinski definition) is 1. The number of rotatable bonds is 5. The van der Waals surface area contributed by atoms with Crippen molar-refractivity contribution in [2.75, 3.05) is 5.32 Å². The highest BCUT2D eigenvalue weighted by atomic mass is 79.9. The van der Waals surface area contributed by atoms with Crippen molar-refractivity contribution in [1.82, 2.24) is 4.98 Å². The number of nitrogens with zero attached hydrogens (tertiary/aromatic N) is 3. The molecule has 1 N–H and O–H groups in total. The third kappa shape index (κ3) is 4.05. The summed E-state index contributed by atoms with van der Waals surface area (Å²) < 4.78 is 6.62. The first kappa shape index (κ1) is 21.1. The second kappa shape index (κ2) is 8.19. The third-order valence-corrected chi connectivity index (χ3v) is 5.22. The molecule has 1 heterocycles. The van der Waals surface area contributed by atoms with Crippen LogP contribution in [0.3, 0.4) is 0 Å². The first-order valence-electron chi connectivity index (χ1n) is 9.14. The summed E-state index contributed by atoms with van der Waals surface area (Å²) in [6.45, 7) is 1.26. The van der Waals surface area contributed by atoms with Crippen molar-refractivity contribution in [3.8, 4) is 11.5 Å². The van der Waals surface area contributed by atoms with E-state index in [-0.39, 0.29) is 11.1 Å². The Morgan fingerprint density at radius 3 is 2.34 bits per heavy atom. The fourth-order valence-corrected chi connectivity index (χ4v) is 3.55. The Kier molecular flexibility index (Phi) is 5.41. The summed E-state index contributed by atoms with van der Waals surface area (Å²) >= 11 is 3.40. The maximum absolute atomic E-state index is 12.7. The lowest BCUT2D eigenvalue weighted by atomic mass is 10.1. The minimum absolute atomic E-state index is 0.124. The molecule has 0 aliphatic heterocycles. The fourth-order valence-electron chi connectivity index (χ4n) is 3.15. The van der Waals surface area contributed by atoms with Crippen molar-refractivity contribution in [1.29, 1.82) is 0 Å². The number of nitro benzene ring substituents is 2. The zero-order chi connectivity index (χ0) is 23.0. The Balaban J connectivity index is 1.65. The second-order valence-electron chi connectivity index (χ2n) is 6.82. The first-order valence-corrected chi connectivity index (χ1v) is 9.93. The number of hydrogen-bond acceptors (Lipinski definition) is 7. The molecule has 32 heavy (non-hydrogen) atoms. The van der Waals surface area contributed by atoms with Crippen molar-refractivity contribution in [3.05, 3.63) is 90.4 Å². The highest BCUT2D eigenvalue weighted by Gasteiger charge is 2.25. The lowest BCUT2D eigenvalue weighted by molar-refractivity contribution is -0.395. The molecule has 3 aromatic carbocycles. The van der Waals surface area contributed by atoms with Gasteiger partial charge in [-0.15, -0.1) is 0 Å². The van der Waals surface area contributed by atoms with E-state index in [1.165, 1.54) is 6.92 Å². The average Bonchev–Trinajstić information content (AvgIpc) is 3.17. The van der Waals surface area contributed by atoms with Crippen LogP contribution >= 0.6 is 15.9 Å². The molecule has 10 nitrogen and oxygen atoms in total. The fraction of sp³-hybridized carbons (Fsp3) is 0.0476. The van der Waals surface area contributed by atoms with Crippen LogP contribution in [-0.2, 0) is 0 Å². The summed E-state index contributed by atoms with van der Waals surface area (Å²) in [5.41, 5.74) is 0.760. The molecule has 4 aromatic rings. The summed E-state index contributed by atoms with van der Waals surface area (Å²) in [6.07, 6.45) is 0. The van der Waals surface area contributed by atoms with Crippen molar-refractivity contribution in [3.63, 3.8) is 0 Å². The van der Waals surface area contributed by atoms with Crippen molar-refractivity contribution in [2.24, 2.45) is 0 Å². The third-order valence-electron chi connectivity index (χ3n) is 4.73. The van der Waals surface area contributed by atoms with Crippen molar-refractivity contribution >= 4 is 50.0 Å². The van der Waals surface area contributed by atoms with Gasteiger partial charge in [-0.05, 0) is 43.3 Å². The predicted molar refractivity (Wildman–Crippen MR) is 120 cm³/mol. The van der Waals surface area contributed by atoms with Gasteiger partial charge in [0.2, 0.25) is 5.89 Å². The van der Waals surface area contributed by atoms with Gasteiger partial charge < -0.3 is 9.73 Å². The molecule has 0 atom stereocenters. The molecule has 11 heteroatoms. The number of anilines is 1. The van der Waals surface area contributed by atoms with Gasteiger partial charge in [-0.3, -0.25) is 25.0 Å². The van der Waals surface area contributed by atoms with Gasteiger partial charge in [-0.1, -0.05) is 22.0 Å². The Morgan fingerprint density at radius 2 is 1.72 bits per heavy atom. The average molecular weight is 497 g/mol. The first-order chi connectivity index (χ1) is 15.2. The van der Waals surface area contributed by atoms with Gasteiger partial charge in [-0.25, -0.2) is 4.98 Å². The number of amides is 1. The van der Waals surface area contributed by atoms with E-state index in [4.69, 9.17) is 4.42 Å². The van der Waals surface area contributed by atoms with Crippen LogP contribution in [0.25, 0.3) is 22.6 Å². The Labute approximate surface area is 188 Å². The minimum atomic E-state index is -0.760. The molecule has 0 aliphatic carbocycles. The maximum Gasteiger partial charge on any atom is 0.279 e. The molecule has 0 spiro atoms. The lowest BCUT2D eigenvalue weighted by Gasteiger charge is -2.06. The standard InChI is InChI=1S/C21H13BrN4O6/c1-11-17(25(28)29)8-13(9-18(11)26(30)31)20(27)23-15-5-6-19-16(10-15)24-21(32-19)12-3-2-4-14(22)7-12/h2-10H,1H3,(H,23,27). The molecule has 0 unspecified atom stereocenters. The molecular weight excluding hydrogens is 484 g/mol. The maximum atomic E-state index is 12.7. The molecule has 160 valence electrons. The van der Waals surface area contributed by atoms with Crippen LogP contribution in [0, 0.1) is 27.2 Å². The number of carbonyl (C=O) groups excluding carboxylic acids is 1. The number of fused-ring (bicyclic) bond motifs is 1. The molecule has 1 aromatic heterocycles. The number of carbonyl (C=O) groups is 1. The van der Waals surface area contributed by atoms with E-state index < -0.39 is 27.1 Å². The number of nitrogens with one attached hydrogen (secondary N) is 1. The van der Waals surface area contributed by atoms with E-state index in [9.17, 15) is 25.0 Å². The van der Waals surface area contributed by atoms with Crippen LogP contribution in [0.15, 0.2) is 63.5 Å². The largest absolute Gasteiger partial charge is 0.436 e. The zero-order valence-electron chi connectivity index (χ0n) is 16.4. The number of benzene rings is 3. The zero-order valence-corrected chi connectivity index (χ0v) is 18.0. The van der Waals surface area contributed by atoms with Gasteiger partial charge in [0, 0.05) is 27.9 Å². The number of aromatic nitrogens is 1. The van der Waals surface area contributed by atoms with Crippen molar-refractivity contribution < 1.29 is 19.1 Å². The molecular formula is C21H13BrN4O6. The number of nitro groups is 2. The van der Waals surface area contributed by atoms with Crippen LogP contribution in [0.5, 0.6) is 0 Å². The van der Waals surface area contributed by atoms with Crippen LogP contribution in [0.4, 0.5) is 17.1 Å². The van der Waals surface area contributed by atoms with Gasteiger partial charge in [0.1, 0.15) is 11.1 Å². The number of halogens is 1. The highest BCUT2D eigenvalue weighted by Crippen LogP contribution is 2.31. The van der Waals surface area contributed by atoms with Crippen molar-refractivity contribution in [2.45, 2.75) is 6.92 Å². The van der Waals surface area contributed by atoms with Gasteiger partial charge in [0.25, 0.3) is 17.3 Å². The SMILES string of the molecule is Cc1c([N+](=O)[O-])cc(C(=O)Nc2ccc3oc(-c4cccc(Br)c4)nc3c2)cc1[N+](=O)[O-]. The Morgan fingerprint density at radius 1 is 1.03 bits per heavy atom. The van der Waals surface area contributed by atoms with Gasteiger partial charge in [0.15, 0.2) is 5.58 Å². The molecule has 0 saturated carbocycles. The summed E-state index contributed by atoms with van der Waals surface area (Å²) in [4.78, 5) is 38.1. The molecule has 0 radical (unpaired) electrons. The highest BCUT2D eigenvalue weighted by molar-refractivity contribution is 9.10. The molecule has 4 rings (SSSR count). The molecule has 1 amide bonds. The normalized spacial score (nSPS) is 10.8. The van der Waals surface area contributed by atoms with E-state index in [1.54, 1.807) is 18.2 Å². The van der Waals surface area contributed by atoms with E-state index in [0.717, 1.165) is 22.2 Å². The summed E-state index contributed by atoms with van der Waals surface area (Å²) in [5.74, 6) is -0.333. The molecule has 0 bridgehead atoms. The van der Waals surface area contributed by atoms with E-state index in [1.807, 2.05) is 24.3 Å². The number of oxazole rings is 1. The Hall–Kier alpha value is -4.12. The topological polar surface area (TPSA) is 141 Å². The lowest BCUT2D eigenvalue weighted by Crippen LogP contribution is -2.13. The van der Waals surface area contributed by atoms with Crippen LogP contribution in [-0.4, -0.2) is 20.7 Å². The van der Waals surface area contributed by atoms with E-state index >= 15 is 0 Å². The molecule has 0 aliphatic rings. The minimum Gasteiger partial charge on any atom is -0.436 e.